The standard InChI is InChI=1S/C28H23N3O2S/c32-27-24(16-19-6-9-22(10-7-19)31-12-14-33-15-13-31)23-17-21(8-11-25(23)29-27)26-18-34-28(30-26)20-4-2-1-3-5-20/h1-11,16-18H,12-15H2,(H,29,32)/b24-16-. The van der Waals surface area contributed by atoms with Gasteiger partial charge in [0, 0.05) is 52.1 Å². The molecule has 0 aliphatic carbocycles. The number of hydrogen-bond donors (Lipinski definition) is 1. The van der Waals surface area contributed by atoms with Gasteiger partial charge in [-0.25, -0.2) is 4.98 Å². The van der Waals surface area contributed by atoms with E-state index in [-0.39, 0.29) is 5.91 Å². The quantitative estimate of drug-likeness (QED) is 0.387. The maximum Gasteiger partial charge on any atom is 0.256 e. The first kappa shape index (κ1) is 20.8. The highest BCUT2D eigenvalue weighted by Crippen LogP contribution is 2.37. The zero-order valence-corrected chi connectivity index (χ0v) is 19.3. The van der Waals surface area contributed by atoms with E-state index in [9.17, 15) is 4.79 Å². The van der Waals surface area contributed by atoms with Gasteiger partial charge in [0.05, 0.1) is 18.9 Å². The van der Waals surface area contributed by atoms with E-state index in [1.165, 1.54) is 5.69 Å². The van der Waals surface area contributed by atoms with Gasteiger partial charge in [0.25, 0.3) is 5.91 Å². The first-order valence-electron chi connectivity index (χ1n) is 11.4. The van der Waals surface area contributed by atoms with Crippen molar-refractivity contribution in [3.8, 4) is 21.8 Å². The molecule has 5 nitrogen and oxygen atoms in total. The van der Waals surface area contributed by atoms with Crippen molar-refractivity contribution in [2.75, 3.05) is 36.5 Å². The molecule has 1 amide bonds. The van der Waals surface area contributed by atoms with Crippen LogP contribution in [0.25, 0.3) is 33.5 Å². The van der Waals surface area contributed by atoms with Crippen LogP contribution in [0.3, 0.4) is 0 Å². The van der Waals surface area contributed by atoms with E-state index in [0.717, 1.165) is 64.9 Å². The molecule has 4 aromatic rings. The fourth-order valence-electron chi connectivity index (χ4n) is 4.38. The van der Waals surface area contributed by atoms with Gasteiger partial charge in [0.15, 0.2) is 0 Å². The van der Waals surface area contributed by atoms with Crippen molar-refractivity contribution in [2.45, 2.75) is 0 Å². The molecule has 0 unspecified atom stereocenters. The van der Waals surface area contributed by atoms with E-state index in [1.54, 1.807) is 11.3 Å². The molecule has 6 rings (SSSR count). The molecule has 1 aromatic heterocycles. The Kier molecular flexibility index (Phi) is 5.45. The minimum atomic E-state index is -0.0762. The summed E-state index contributed by atoms with van der Waals surface area (Å²) in [6.45, 7) is 3.33. The van der Waals surface area contributed by atoms with Crippen LogP contribution in [-0.4, -0.2) is 37.2 Å². The average molecular weight is 466 g/mol. The van der Waals surface area contributed by atoms with Crippen molar-refractivity contribution >= 4 is 40.3 Å². The Bertz CT molecular complexity index is 1370. The summed E-state index contributed by atoms with van der Waals surface area (Å²) in [6.07, 6.45) is 1.96. The molecule has 0 atom stereocenters. The molecule has 0 radical (unpaired) electrons. The van der Waals surface area contributed by atoms with Crippen molar-refractivity contribution in [3.63, 3.8) is 0 Å². The largest absolute Gasteiger partial charge is 0.378 e. The third-order valence-electron chi connectivity index (χ3n) is 6.20. The number of fused-ring (bicyclic) bond motifs is 1. The Balaban J connectivity index is 1.29. The number of anilines is 2. The number of nitrogens with zero attached hydrogens (tertiary/aromatic N) is 2. The first-order valence-corrected chi connectivity index (χ1v) is 12.2. The first-order chi connectivity index (χ1) is 16.7. The molecule has 34 heavy (non-hydrogen) atoms. The van der Waals surface area contributed by atoms with Gasteiger partial charge < -0.3 is 15.0 Å². The van der Waals surface area contributed by atoms with Crippen LogP contribution >= 0.6 is 11.3 Å². The number of nitrogens with one attached hydrogen (secondary N) is 1. The summed E-state index contributed by atoms with van der Waals surface area (Å²) < 4.78 is 5.44. The second-order valence-electron chi connectivity index (χ2n) is 8.37. The molecular formula is C28H23N3O2S. The molecule has 3 aromatic carbocycles. The molecule has 1 fully saturated rings. The monoisotopic (exact) mass is 465 g/mol. The second kappa shape index (κ2) is 8.89. The van der Waals surface area contributed by atoms with E-state index in [1.807, 2.05) is 36.4 Å². The molecule has 0 bridgehead atoms. The molecule has 0 saturated carbocycles. The van der Waals surface area contributed by atoms with Crippen molar-refractivity contribution in [3.05, 3.63) is 89.3 Å². The van der Waals surface area contributed by atoms with Gasteiger partial charge in [-0.3, -0.25) is 4.79 Å². The molecular weight excluding hydrogens is 442 g/mol. The minimum absolute atomic E-state index is 0.0762. The highest BCUT2D eigenvalue weighted by Gasteiger charge is 2.25. The van der Waals surface area contributed by atoms with Crippen LogP contribution in [0.15, 0.2) is 78.2 Å². The SMILES string of the molecule is O=C1Nc2ccc(-c3csc(-c4ccccc4)n3)cc2/C1=C/c1ccc(N2CCOCC2)cc1. The van der Waals surface area contributed by atoms with Crippen molar-refractivity contribution in [1.29, 1.82) is 0 Å². The summed E-state index contributed by atoms with van der Waals surface area (Å²) in [5.41, 5.74) is 7.63. The average Bonchev–Trinajstić information content (AvgIpc) is 3.50. The molecule has 1 N–H and O–H groups in total. The number of ether oxygens (including phenoxy) is 1. The van der Waals surface area contributed by atoms with Crippen LogP contribution in [0.5, 0.6) is 0 Å². The number of morpholine rings is 1. The van der Waals surface area contributed by atoms with Gasteiger partial charge in [-0.2, -0.15) is 0 Å². The van der Waals surface area contributed by atoms with E-state index in [0.29, 0.717) is 5.57 Å². The Morgan fingerprint density at radius 3 is 2.53 bits per heavy atom. The van der Waals surface area contributed by atoms with Crippen LogP contribution in [0, 0.1) is 0 Å². The molecule has 2 aliphatic rings. The normalized spacial score (nSPS) is 16.5. The van der Waals surface area contributed by atoms with Crippen molar-refractivity contribution in [2.24, 2.45) is 0 Å². The van der Waals surface area contributed by atoms with Crippen LogP contribution < -0.4 is 10.2 Å². The number of aromatic nitrogens is 1. The Labute approximate surface area is 202 Å². The van der Waals surface area contributed by atoms with Crippen LogP contribution in [0.1, 0.15) is 11.1 Å². The molecule has 3 heterocycles. The number of thiazole rings is 1. The minimum Gasteiger partial charge on any atom is -0.378 e. The lowest BCUT2D eigenvalue weighted by Crippen LogP contribution is -2.36. The molecule has 1 saturated heterocycles. The lowest BCUT2D eigenvalue weighted by Gasteiger charge is -2.28. The van der Waals surface area contributed by atoms with Gasteiger partial charge in [-0.1, -0.05) is 48.5 Å². The Morgan fingerprint density at radius 2 is 1.74 bits per heavy atom. The van der Waals surface area contributed by atoms with E-state index >= 15 is 0 Å². The molecule has 6 heteroatoms. The summed E-state index contributed by atoms with van der Waals surface area (Å²) >= 11 is 1.63. The summed E-state index contributed by atoms with van der Waals surface area (Å²) in [5.74, 6) is -0.0762. The van der Waals surface area contributed by atoms with Crippen LogP contribution in [-0.2, 0) is 9.53 Å². The van der Waals surface area contributed by atoms with Gasteiger partial charge in [-0.15, -0.1) is 11.3 Å². The fraction of sp³-hybridized carbons (Fsp3) is 0.143. The Hall–Kier alpha value is -3.74. The third-order valence-corrected chi connectivity index (χ3v) is 7.09. The molecule has 2 aliphatic heterocycles. The summed E-state index contributed by atoms with van der Waals surface area (Å²) in [6, 6.07) is 24.6. The van der Waals surface area contributed by atoms with Crippen molar-refractivity contribution < 1.29 is 9.53 Å². The maximum absolute atomic E-state index is 12.8. The predicted octanol–water partition coefficient (Wildman–Crippen LogP) is 5.81. The van der Waals surface area contributed by atoms with E-state index < -0.39 is 0 Å². The zero-order valence-electron chi connectivity index (χ0n) is 18.5. The van der Waals surface area contributed by atoms with Crippen molar-refractivity contribution in [1.82, 2.24) is 4.98 Å². The fourth-order valence-corrected chi connectivity index (χ4v) is 5.22. The lowest BCUT2D eigenvalue weighted by atomic mass is 10.0. The summed E-state index contributed by atoms with van der Waals surface area (Å²) in [4.78, 5) is 19.9. The van der Waals surface area contributed by atoms with Crippen LogP contribution in [0.4, 0.5) is 11.4 Å². The smallest absolute Gasteiger partial charge is 0.256 e. The topological polar surface area (TPSA) is 54.5 Å². The Morgan fingerprint density at radius 1 is 0.941 bits per heavy atom. The second-order valence-corrected chi connectivity index (χ2v) is 9.23. The highest BCUT2D eigenvalue weighted by molar-refractivity contribution is 7.13. The number of hydrogen-bond acceptors (Lipinski definition) is 5. The number of rotatable bonds is 4. The lowest BCUT2D eigenvalue weighted by molar-refractivity contribution is -0.110. The molecule has 168 valence electrons. The van der Waals surface area contributed by atoms with Crippen LogP contribution in [0.2, 0.25) is 0 Å². The van der Waals surface area contributed by atoms with Gasteiger partial charge in [0.2, 0.25) is 0 Å². The van der Waals surface area contributed by atoms with Gasteiger partial charge in [-0.05, 0) is 35.9 Å². The van der Waals surface area contributed by atoms with E-state index in [4.69, 9.17) is 9.72 Å². The van der Waals surface area contributed by atoms with E-state index in [2.05, 4.69) is 58.1 Å². The highest BCUT2D eigenvalue weighted by atomic mass is 32.1. The summed E-state index contributed by atoms with van der Waals surface area (Å²) in [5, 5.41) is 6.05. The van der Waals surface area contributed by atoms with Gasteiger partial charge in [0.1, 0.15) is 5.01 Å². The maximum atomic E-state index is 12.8. The number of carbonyl (C=O) groups is 1. The van der Waals surface area contributed by atoms with Gasteiger partial charge >= 0.3 is 0 Å². The molecule has 0 spiro atoms. The predicted molar refractivity (Wildman–Crippen MR) is 139 cm³/mol. The number of amides is 1. The number of carbonyl (C=O) groups excluding carboxylic acids is 1. The summed E-state index contributed by atoms with van der Waals surface area (Å²) in [7, 11) is 0. The number of benzene rings is 3. The third kappa shape index (κ3) is 4.02. The zero-order chi connectivity index (χ0) is 22.9.